The fourth-order valence-corrected chi connectivity index (χ4v) is 3.31. The molecular formula is C17H17Cl2NO2S. The highest BCUT2D eigenvalue weighted by molar-refractivity contribution is 7.99. The van der Waals surface area contributed by atoms with Gasteiger partial charge in [-0.1, -0.05) is 35.3 Å². The van der Waals surface area contributed by atoms with Crippen molar-refractivity contribution >= 4 is 46.6 Å². The van der Waals surface area contributed by atoms with E-state index in [1.54, 1.807) is 12.1 Å². The molecule has 0 radical (unpaired) electrons. The normalized spacial score (nSPS) is 10.4. The summed E-state index contributed by atoms with van der Waals surface area (Å²) in [7, 11) is 0. The predicted octanol–water partition coefficient (Wildman–Crippen LogP) is 5.26. The molecule has 0 fully saturated rings. The van der Waals surface area contributed by atoms with Crippen molar-refractivity contribution in [3.63, 3.8) is 0 Å². The summed E-state index contributed by atoms with van der Waals surface area (Å²) < 4.78 is 5.41. The Balaban J connectivity index is 1.82. The molecule has 0 unspecified atom stereocenters. The number of ether oxygens (including phenoxy) is 1. The van der Waals surface area contributed by atoms with Crippen LogP contribution in [0.4, 0.5) is 5.69 Å². The number of hydrogen-bond donors (Lipinski definition) is 1. The minimum atomic E-state index is -0.0614. The quantitative estimate of drug-likeness (QED) is 0.722. The van der Waals surface area contributed by atoms with E-state index in [9.17, 15) is 4.79 Å². The number of carbonyl (C=O) groups excluding carboxylic acids is 1. The van der Waals surface area contributed by atoms with Crippen LogP contribution in [0, 0.1) is 0 Å². The van der Waals surface area contributed by atoms with Crippen LogP contribution in [0.2, 0.25) is 10.0 Å². The van der Waals surface area contributed by atoms with Gasteiger partial charge < -0.3 is 10.1 Å². The van der Waals surface area contributed by atoms with E-state index in [0.717, 1.165) is 17.0 Å². The number of thioether (sulfide) groups is 1. The van der Waals surface area contributed by atoms with Gasteiger partial charge in [0.1, 0.15) is 5.75 Å². The number of hydrogen-bond acceptors (Lipinski definition) is 3. The molecule has 0 aliphatic rings. The fraction of sp³-hybridized carbons (Fsp3) is 0.235. The third kappa shape index (κ3) is 5.98. The summed E-state index contributed by atoms with van der Waals surface area (Å²) in [6.07, 6.45) is 0. The van der Waals surface area contributed by atoms with Gasteiger partial charge in [0, 0.05) is 27.6 Å². The van der Waals surface area contributed by atoms with Gasteiger partial charge in [-0.05, 0) is 36.8 Å². The number of carbonyl (C=O) groups is 1. The highest BCUT2D eigenvalue weighted by Gasteiger charge is 2.06. The van der Waals surface area contributed by atoms with Crippen molar-refractivity contribution in [3.05, 3.63) is 58.1 Å². The molecule has 6 heteroatoms. The summed E-state index contributed by atoms with van der Waals surface area (Å²) in [5.41, 5.74) is 1.69. The zero-order valence-electron chi connectivity index (χ0n) is 12.6. The van der Waals surface area contributed by atoms with Crippen LogP contribution in [-0.2, 0) is 10.5 Å². The maximum atomic E-state index is 12.0. The molecule has 1 N–H and O–H groups in total. The van der Waals surface area contributed by atoms with E-state index in [2.05, 4.69) is 5.32 Å². The Morgan fingerprint density at radius 3 is 2.78 bits per heavy atom. The van der Waals surface area contributed by atoms with Crippen molar-refractivity contribution in [3.8, 4) is 5.75 Å². The number of amides is 1. The van der Waals surface area contributed by atoms with Gasteiger partial charge in [0.25, 0.3) is 0 Å². The summed E-state index contributed by atoms with van der Waals surface area (Å²) in [4.78, 5) is 12.0. The number of anilines is 1. The second-order valence-corrected chi connectivity index (χ2v) is 6.57. The van der Waals surface area contributed by atoms with E-state index in [0.29, 0.717) is 28.2 Å². The van der Waals surface area contributed by atoms with Gasteiger partial charge in [0.05, 0.1) is 12.4 Å². The Hall–Kier alpha value is -1.36. The molecule has 0 bridgehead atoms. The molecule has 0 saturated carbocycles. The Morgan fingerprint density at radius 2 is 2.04 bits per heavy atom. The monoisotopic (exact) mass is 369 g/mol. The highest BCUT2D eigenvalue weighted by atomic mass is 35.5. The van der Waals surface area contributed by atoms with E-state index in [-0.39, 0.29) is 5.91 Å². The van der Waals surface area contributed by atoms with E-state index < -0.39 is 0 Å². The van der Waals surface area contributed by atoms with E-state index >= 15 is 0 Å². The van der Waals surface area contributed by atoms with Crippen molar-refractivity contribution in [1.29, 1.82) is 0 Å². The number of nitrogens with one attached hydrogen (secondary N) is 1. The van der Waals surface area contributed by atoms with Gasteiger partial charge in [0.15, 0.2) is 0 Å². The Bertz CT molecular complexity index is 679. The molecule has 23 heavy (non-hydrogen) atoms. The molecule has 0 aliphatic heterocycles. The summed E-state index contributed by atoms with van der Waals surface area (Å²) in [6.45, 7) is 2.51. The average Bonchev–Trinajstić information content (AvgIpc) is 2.50. The Kier molecular flexibility index (Phi) is 7.09. The van der Waals surface area contributed by atoms with Crippen LogP contribution in [0.1, 0.15) is 12.5 Å². The molecule has 0 spiro atoms. The average molecular weight is 370 g/mol. The summed E-state index contributed by atoms with van der Waals surface area (Å²) in [5, 5.41) is 4.08. The molecule has 3 nitrogen and oxygen atoms in total. The second kappa shape index (κ2) is 9.06. The molecule has 2 rings (SSSR count). The van der Waals surface area contributed by atoms with Crippen LogP contribution in [0.25, 0.3) is 0 Å². The molecule has 2 aromatic carbocycles. The fourth-order valence-electron chi connectivity index (χ4n) is 1.92. The number of benzene rings is 2. The SMILES string of the molecule is CCOc1cccc(NC(=O)CSCc2ccc(Cl)cc2Cl)c1. The zero-order chi connectivity index (χ0) is 16.7. The second-order valence-electron chi connectivity index (χ2n) is 4.74. The molecule has 122 valence electrons. The lowest BCUT2D eigenvalue weighted by Gasteiger charge is -2.08. The Labute approximate surface area is 150 Å². The van der Waals surface area contributed by atoms with Gasteiger partial charge in [-0.25, -0.2) is 0 Å². The first-order valence-corrected chi connectivity index (χ1v) is 9.04. The summed E-state index contributed by atoms with van der Waals surface area (Å²) in [5.74, 6) is 1.68. The van der Waals surface area contributed by atoms with E-state index in [4.69, 9.17) is 27.9 Å². The van der Waals surface area contributed by atoms with Gasteiger partial charge in [0.2, 0.25) is 5.91 Å². The third-order valence-corrected chi connectivity index (χ3v) is 4.50. The van der Waals surface area contributed by atoms with Crippen LogP contribution in [0.3, 0.4) is 0 Å². The van der Waals surface area contributed by atoms with Crippen molar-refractivity contribution in [2.45, 2.75) is 12.7 Å². The van der Waals surface area contributed by atoms with Crippen LogP contribution >= 0.6 is 35.0 Å². The minimum absolute atomic E-state index is 0.0614. The van der Waals surface area contributed by atoms with Gasteiger partial charge in [-0.2, -0.15) is 0 Å². The molecule has 0 aliphatic carbocycles. The first-order valence-electron chi connectivity index (χ1n) is 7.13. The molecule has 0 aromatic heterocycles. The molecular weight excluding hydrogens is 353 g/mol. The lowest BCUT2D eigenvalue weighted by molar-refractivity contribution is -0.113. The third-order valence-electron chi connectivity index (χ3n) is 2.93. The van der Waals surface area contributed by atoms with Crippen molar-refractivity contribution < 1.29 is 9.53 Å². The number of halogens is 2. The van der Waals surface area contributed by atoms with E-state index in [1.807, 2.05) is 37.3 Å². The molecule has 0 atom stereocenters. The lowest BCUT2D eigenvalue weighted by atomic mass is 10.2. The minimum Gasteiger partial charge on any atom is -0.494 e. The van der Waals surface area contributed by atoms with Crippen LogP contribution < -0.4 is 10.1 Å². The van der Waals surface area contributed by atoms with Gasteiger partial charge >= 0.3 is 0 Å². The van der Waals surface area contributed by atoms with Gasteiger partial charge in [-0.15, -0.1) is 11.8 Å². The molecule has 2 aromatic rings. The molecule has 0 heterocycles. The summed E-state index contributed by atoms with van der Waals surface area (Å²) >= 11 is 13.5. The standard InChI is InChI=1S/C17H17Cl2NO2S/c1-2-22-15-5-3-4-14(9-15)20-17(21)11-23-10-12-6-7-13(18)8-16(12)19/h3-9H,2,10-11H2,1H3,(H,20,21). The first-order chi connectivity index (χ1) is 11.1. The predicted molar refractivity (Wildman–Crippen MR) is 98.9 cm³/mol. The van der Waals surface area contributed by atoms with Crippen LogP contribution in [-0.4, -0.2) is 18.3 Å². The van der Waals surface area contributed by atoms with Crippen LogP contribution in [0.15, 0.2) is 42.5 Å². The lowest BCUT2D eigenvalue weighted by Crippen LogP contribution is -2.14. The number of rotatable bonds is 7. The summed E-state index contributed by atoms with van der Waals surface area (Å²) in [6, 6.07) is 12.7. The first kappa shape index (κ1) is 18.0. The topological polar surface area (TPSA) is 38.3 Å². The smallest absolute Gasteiger partial charge is 0.234 e. The van der Waals surface area contributed by atoms with E-state index in [1.165, 1.54) is 11.8 Å². The Morgan fingerprint density at radius 1 is 1.22 bits per heavy atom. The largest absolute Gasteiger partial charge is 0.494 e. The maximum Gasteiger partial charge on any atom is 0.234 e. The van der Waals surface area contributed by atoms with Gasteiger partial charge in [-0.3, -0.25) is 4.79 Å². The maximum absolute atomic E-state index is 12.0. The molecule has 1 amide bonds. The van der Waals surface area contributed by atoms with Crippen molar-refractivity contribution in [2.75, 3.05) is 17.7 Å². The zero-order valence-corrected chi connectivity index (χ0v) is 15.0. The highest BCUT2D eigenvalue weighted by Crippen LogP contribution is 2.25. The van der Waals surface area contributed by atoms with Crippen molar-refractivity contribution in [1.82, 2.24) is 0 Å². The van der Waals surface area contributed by atoms with Crippen molar-refractivity contribution in [2.24, 2.45) is 0 Å². The van der Waals surface area contributed by atoms with Crippen LogP contribution in [0.5, 0.6) is 5.75 Å². The molecule has 0 saturated heterocycles.